The van der Waals surface area contributed by atoms with Crippen LogP contribution in [0, 0.1) is 6.92 Å². The van der Waals surface area contributed by atoms with E-state index in [1.165, 1.54) is 5.56 Å². The quantitative estimate of drug-likeness (QED) is 0.498. The van der Waals surface area contributed by atoms with Crippen LogP contribution in [-0.4, -0.2) is 0 Å². The van der Waals surface area contributed by atoms with Gasteiger partial charge >= 0.3 is 0 Å². The first kappa shape index (κ1) is 11.2. The zero-order valence-electron chi connectivity index (χ0n) is 18.1. The molecule has 0 aliphatic heterocycles. The molecule has 23 heavy (non-hydrogen) atoms. The Morgan fingerprint density at radius 2 is 1.00 bits per heavy atom. The third-order valence-electron chi connectivity index (χ3n) is 4.01. The Balaban J connectivity index is 2.00. The molecule has 0 N–H and O–H groups in total. The van der Waals surface area contributed by atoms with Gasteiger partial charge in [0.15, 0.2) is 0 Å². The molecule has 0 aliphatic rings. The van der Waals surface area contributed by atoms with Crippen molar-refractivity contribution in [3.8, 4) is 22.3 Å². The minimum atomic E-state index is 0.00998. The molecular formula is C23H24. The average molecular weight is 304 g/mol. The fraction of sp³-hybridized carbons (Fsp3) is 0.217. The molecule has 0 aromatic heterocycles. The maximum absolute atomic E-state index is 8.22. The first-order valence-corrected chi connectivity index (χ1v) is 7.89. The van der Waals surface area contributed by atoms with Gasteiger partial charge in [0.2, 0.25) is 0 Å². The van der Waals surface area contributed by atoms with E-state index in [0.29, 0.717) is 16.7 Å². The van der Waals surface area contributed by atoms with Crippen molar-refractivity contribution >= 4 is 0 Å². The summed E-state index contributed by atoms with van der Waals surface area (Å²) < 4.78 is 32.5. The van der Waals surface area contributed by atoms with E-state index in [9.17, 15) is 0 Å². The summed E-state index contributed by atoms with van der Waals surface area (Å²) >= 11 is 0. The molecule has 0 heterocycles. The van der Waals surface area contributed by atoms with Crippen LogP contribution in [0.2, 0.25) is 0 Å². The maximum Gasteiger partial charge on any atom is 0.0629 e. The maximum atomic E-state index is 8.22. The minimum Gasteiger partial charge on any atom is -0.0587 e. The first-order valence-electron chi connectivity index (χ1n) is 9.89. The lowest BCUT2D eigenvalue weighted by molar-refractivity contribution is 0.590. The molecule has 0 atom stereocenters. The highest BCUT2D eigenvalue weighted by molar-refractivity contribution is 5.70. The predicted molar refractivity (Wildman–Crippen MR) is 101 cm³/mol. The Morgan fingerprint density at radius 3 is 1.43 bits per heavy atom. The molecule has 3 aromatic rings. The summed E-state index contributed by atoms with van der Waals surface area (Å²) in [6, 6.07) is 16.2. The second-order valence-electron chi connectivity index (χ2n) is 6.90. The van der Waals surface area contributed by atoms with E-state index in [2.05, 4.69) is 45.0 Å². The molecule has 3 rings (SSSR count). The lowest BCUT2D eigenvalue weighted by Crippen LogP contribution is -2.10. The fourth-order valence-electron chi connectivity index (χ4n) is 2.51. The smallest absolute Gasteiger partial charge is 0.0587 e. The number of hydrogen-bond donors (Lipinski definition) is 0. The van der Waals surface area contributed by atoms with Crippen LogP contribution in [0.5, 0.6) is 0 Å². The summed E-state index contributed by atoms with van der Waals surface area (Å²) in [7, 11) is 0. The molecular weight excluding hydrogens is 276 g/mol. The summed E-state index contributed by atoms with van der Waals surface area (Å²) in [5.41, 5.74) is 4.99. The second-order valence-corrected chi connectivity index (χ2v) is 6.90. The van der Waals surface area contributed by atoms with Crippen molar-refractivity contribution in [1.82, 2.24) is 0 Å². The third-order valence-corrected chi connectivity index (χ3v) is 4.01. The van der Waals surface area contributed by atoms with E-state index in [-0.39, 0.29) is 29.6 Å². The van der Waals surface area contributed by atoms with E-state index in [1.54, 1.807) is 6.92 Å². The molecule has 0 nitrogen and oxygen atoms in total. The van der Waals surface area contributed by atoms with E-state index < -0.39 is 0 Å². The topological polar surface area (TPSA) is 0 Å². The van der Waals surface area contributed by atoms with Crippen molar-refractivity contribution < 1.29 is 5.48 Å². The second kappa shape index (κ2) is 6.04. The van der Waals surface area contributed by atoms with Crippen molar-refractivity contribution in [3.63, 3.8) is 0 Å². The lowest BCUT2D eigenvalue weighted by atomic mass is 9.86. The lowest BCUT2D eigenvalue weighted by Gasteiger charge is -2.19. The molecule has 0 heteroatoms. The summed E-state index contributed by atoms with van der Waals surface area (Å²) in [4.78, 5) is 0. The van der Waals surface area contributed by atoms with Crippen molar-refractivity contribution in [3.05, 3.63) is 83.8 Å². The highest BCUT2D eigenvalue weighted by Gasteiger charge is 2.13. The molecule has 0 saturated heterocycles. The highest BCUT2D eigenvalue weighted by Crippen LogP contribution is 2.28. The summed E-state index contributed by atoms with van der Waals surface area (Å²) in [6.07, 6.45) is 0. The van der Waals surface area contributed by atoms with Crippen molar-refractivity contribution in [2.45, 2.75) is 33.1 Å². The number of rotatable bonds is 2. The Morgan fingerprint density at radius 1 is 0.609 bits per heavy atom. The molecule has 0 aliphatic carbocycles. The van der Waals surface area contributed by atoms with Gasteiger partial charge in [0.05, 0.1) is 5.48 Å². The van der Waals surface area contributed by atoms with Crippen molar-refractivity contribution in [1.29, 1.82) is 0 Å². The molecule has 0 amide bonds. The van der Waals surface area contributed by atoms with Gasteiger partial charge in [0, 0.05) is 0 Å². The van der Waals surface area contributed by atoms with Gasteiger partial charge < -0.3 is 0 Å². The minimum absolute atomic E-state index is 0.00998. The van der Waals surface area contributed by atoms with Crippen molar-refractivity contribution in [2.24, 2.45) is 0 Å². The van der Waals surface area contributed by atoms with Gasteiger partial charge in [-0.1, -0.05) is 99.0 Å². The van der Waals surface area contributed by atoms with Gasteiger partial charge in [0.25, 0.3) is 0 Å². The molecule has 116 valence electrons. The normalized spacial score (nSPS) is 13.9. The molecule has 0 fully saturated rings. The van der Waals surface area contributed by atoms with Crippen LogP contribution < -0.4 is 0 Å². The zero-order valence-corrected chi connectivity index (χ0v) is 14.1. The Labute approximate surface area is 145 Å². The van der Waals surface area contributed by atoms with Gasteiger partial charge in [-0.2, -0.15) is 0 Å². The molecule has 3 aromatic carbocycles. The third kappa shape index (κ3) is 3.53. The zero-order chi connectivity index (χ0) is 19.9. The number of hydrogen-bond acceptors (Lipinski definition) is 0. The van der Waals surface area contributed by atoms with Crippen molar-refractivity contribution in [2.75, 3.05) is 0 Å². The fourth-order valence-corrected chi connectivity index (χ4v) is 2.51. The van der Waals surface area contributed by atoms with Crippen LogP contribution in [0.15, 0.2) is 72.7 Å². The van der Waals surface area contributed by atoms with Crippen LogP contribution in [0.3, 0.4) is 0 Å². The molecule has 0 bridgehead atoms. The van der Waals surface area contributed by atoms with Gasteiger partial charge in [-0.05, 0) is 40.2 Å². The van der Waals surface area contributed by atoms with Gasteiger partial charge in [-0.15, -0.1) is 0 Å². The van der Waals surface area contributed by atoms with Gasteiger partial charge in [-0.25, -0.2) is 0 Å². The summed E-state index contributed by atoms with van der Waals surface area (Å²) in [5, 5.41) is 0. The van der Waals surface area contributed by atoms with Gasteiger partial charge in [0.1, 0.15) is 0 Å². The van der Waals surface area contributed by atoms with E-state index in [0.717, 1.165) is 11.1 Å². The molecule has 0 spiro atoms. The van der Waals surface area contributed by atoms with Gasteiger partial charge in [-0.3, -0.25) is 0 Å². The predicted octanol–water partition coefficient (Wildman–Crippen LogP) is 6.63. The van der Waals surface area contributed by atoms with Crippen LogP contribution in [0.1, 0.15) is 37.4 Å². The van der Waals surface area contributed by atoms with Crippen LogP contribution >= 0.6 is 0 Å². The number of benzene rings is 3. The van der Waals surface area contributed by atoms with E-state index in [1.807, 2.05) is 24.3 Å². The Kier molecular flexibility index (Phi) is 2.95. The van der Waals surface area contributed by atoms with E-state index >= 15 is 0 Å². The largest absolute Gasteiger partial charge is 0.0629 e. The van der Waals surface area contributed by atoms with Crippen LogP contribution in [0.4, 0.5) is 0 Å². The van der Waals surface area contributed by atoms with E-state index in [4.69, 9.17) is 5.48 Å². The highest BCUT2D eigenvalue weighted by atomic mass is 14.2. The molecule has 0 saturated carbocycles. The average Bonchev–Trinajstić information content (AvgIpc) is 2.65. The summed E-state index contributed by atoms with van der Waals surface area (Å²) in [5.74, 6) is 0. The SMILES string of the molecule is [2H]c1c([2H])c(-c2ccc(-c3ccc(C(C)(C)C)cc3)cc2)c([2H])c([2H])c1C. The van der Waals surface area contributed by atoms with Crippen LogP contribution in [0.25, 0.3) is 22.3 Å². The Hall–Kier alpha value is -2.34. The first-order chi connectivity index (χ1) is 12.6. The summed E-state index contributed by atoms with van der Waals surface area (Å²) in [6.45, 7) is 8.19. The monoisotopic (exact) mass is 304 g/mol. The van der Waals surface area contributed by atoms with Crippen LogP contribution in [-0.2, 0) is 5.41 Å². The Bertz CT molecular complexity index is 950. The standard InChI is InChI=1S/C23H24/c1-17-5-7-18(8-6-17)19-9-11-20(12-10-19)21-13-15-22(16-14-21)23(2,3)4/h5-16H,1-4H3/i5D,6D,7D,8D. The molecule has 0 radical (unpaired) electrons. The molecule has 0 unspecified atom stereocenters.